The molecule has 1 atom stereocenters. The van der Waals surface area contributed by atoms with Crippen molar-refractivity contribution < 1.29 is 72.4 Å². The smallest absolute Gasteiger partial charge is 0.402 e. The number of alkyl halides is 3. The average Bonchev–Trinajstić information content (AvgIpc) is 0.897. The Morgan fingerprint density at radius 1 is 0.364 bits per heavy atom. The second-order valence-electron chi connectivity index (χ2n) is 20.4. The Morgan fingerprint density at radius 3 is 0.955 bits per heavy atom. The lowest BCUT2D eigenvalue weighted by atomic mass is 9.75. The minimum Gasteiger partial charge on any atom is -0.457 e. The van der Waals surface area contributed by atoms with E-state index < -0.39 is 31.8 Å². The number of ether oxygens (including phenoxy) is 4. The highest BCUT2D eigenvalue weighted by Crippen LogP contribution is 2.47. The molecule has 1 unspecified atom stereocenters. The molecular formula is C70H57F3O13S2. The zero-order valence-corrected chi connectivity index (χ0v) is 49.6. The summed E-state index contributed by atoms with van der Waals surface area (Å²) in [6.45, 7) is 5.01. The van der Waals surface area contributed by atoms with E-state index in [1.807, 2.05) is 111 Å². The fraction of sp³-hybridized carbons (Fsp3) is 0.100. The number of para-hydroxylation sites is 1. The molecule has 0 bridgehead atoms. The number of aryl methyl sites for hydroxylation is 2. The molecule has 88 heavy (non-hydrogen) atoms. The van der Waals surface area contributed by atoms with Crippen LogP contribution in [0.1, 0.15) is 76.9 Å². The van der Waals surface area contributed by atoms with Crippen LogP contribution in [0.15, 0.2) is 243 Å². The summed E-state index contributed by atoms with van der Waals surface area (Å²) in [6.07, 6.45) is -3.23. The summed E-state index contributed by atoms with van der Waals surface area (Å²) in [7, 11) is -7.33. The molecule has 0 aliphatic carbocycles. The molecule has 0 saturated heterocycles. The van der Waals surface area contributed by atoms with Crippen molar-refractivity contribution in [3.05, 3.63) is 298 Å². The Kier molecular flexibility index (Phi) is 20.1. The van der Waals surface area contributed by atoms with Gasteiger partial charge >= 0.3 is 6.18 Å². The highest BCUT2D eigenvalue weighted by Gasteiger charge is 2.53. The number of rotatable bonds is 17. The van der Waals surface area contributed by atoms with Crippen LogP contribution in [0.3, 0.4) is 0 Å². The van der Waals surface area contributed by atoms with Gasteiger partial charge in [-0.15, -0.1) is 0 Å². The summed E-state index contributed by atoms with van der Waals surface area (Å²) < 4.78 is 121. The van der Waals surface area contributed by atoms with Crippen LogP contribution in [0, 0.1) is 13.8 Å². The molecule has 448 valence electrons. The Hall–Kier alpha value is -9.98. The van der Waals surface area contributed by atoms with Crippen molar-refractivity contribution in [1.29, 1.82) is 0 Å². The molecule has 10 aromatic rings. The zero-order valence-electron chi connectivity index (χ0n) is 47.9. The molecule has 0 amide bonds. The Morgan fingerprint density at radius 2 is 0.625 bits per heavy atom. The van der Waals surface area contributed by atoms with Gasteiger partial charge in [-0.1, -0.05) is 114 Å². The average molecular weight is 1230 g/mol. The molecule has 18 heteroatoms. The monoisotopic (exact) mass is 1230 g/mol. The van der Waals surface area contributed by atoms with Gasteiger partial charge in [0.2, 0.25) is 0 Å². The van der Waals surface area contributed by atoms with Crippen LogP contribution >= 0.6 is 0 Å². The van der Waals surface area contributed by atoms with Crippen molar-refractivity contribution in [2.75, 3.05) is 12.5 Å². The number of carbonyl (C=O) groups is 3. The maximum atomic E-state index is 15.0. The van der Waals surface area contributed by atoms with Crippen molar-refractivity contribution in [1.82, 2.24) is 0 Å². The maximum Gasteiger partial charge on any atom is 0.402 e. The lowest BCUT2D eigenvalue weighted by Crippen LogP contribution is -2.40. The first kappa shape index (κ1) is 64.0. The Labute approximate surface area is 507 Å². The van der Waals surface area contributed by atoms with Gasteiger partial charge in [0, 0.05) is 33.4 Å². The van der Waals surface area contributed by atoms with Crippen molar-refractivity contribution in [3.63, 3.8) is 0 Å². The van der Waals surface area contributed by atoms with E-state index in [9.17, 15) is 31.2 Å². The highest BCUT2D eigenvalue weighted by atomic mass is 32.2. The Balaban J connectivity index is 0.000000929. The van der Waals surface area contributed by atoms with Gasteiger partial charge in [-0.05, 0) is 183 Å². The molecule has 2 N–H and O–H groups in total. The van der Waals surface area contributed by atoms with E-state index >= 15 is 13.2 Å². The number of hydrogen-bond acceptors (Lipinski definition) is 11. The second kappa shape index (κ2) is 27.6. The summed E-state index contributed by atoms with van der Waals surface area (Å²) in [5.74, 6) is 3.52. The number of carbonyl (C=O) groups excluding carboxylic acids is 3. The van der Waals surface area contributed by atoms with Gasteiger partial charge < -0.3 is 18.9 Å². The van der Waals surface area contributed by atoms with Gasteiger partial charge in [-0.3, -0.25) is 23.5 Å². The molecule has 0 fully saturated rings. The summed E-state index contributed by atoms with van der Waals surface area (Å²) >= 11 is 0. The van der Waals surface area contributed by atoms with Crippen LogP contribution in [-0.4, -0.2) is 62.0 Å². The van der Waals surface area contributed by atoms with E-state index in [2.05, 4.69) is 0 Å². The third kappa shape index (κ3) is 17.6. The van der Waals surface area contributed by atoms with Crippen molar-refractivity contribution in [3.8, 4) is 57.1 Å². The molecule has 0 saturated carbocycles. The second-order valence-corrected chi connectivity index (χ2v) is 23.3. The molecule has 13 nitrogen and oxygen atoms in total. The van der Waals surface area contributed by atoms with Crippen LogP contribution in [-0.2, 0) is 25.7 Å². The van der Waals surface area contributed by atoms with Crippen LogP contribution in [0.25, 0.3) is 11.1 Å². The van der Waals surface area contributed by atoms with Crippen LogP contribution in [0.5, 0.6) is 46.0 Å². The first-order chi connectivity index (χ1) is 41.7. The normalized spacial score (nSPS) is 11.9. The fourth-order valence-electron chi connectivity index (χ4n) is 8.93. The third-order valence-electron chi connectivity index (χ3n) is 13.5. The van der Waals surface area contributed by atoms with Crippen molar-refractivity contribution in [2.24, 2.45) is 0 Å². The quantitative estimate of drug-likeness (QED) is 0.0646. The number of halogens is 3. The van der Waals surface area contributed by atoms with Gasteiger partial charge in [0.15, 0.2) is 17.3 Å². The van der Waals surface area contributed by atoms with Crippen LogP contribution < -0.4 is 18.9 Å². The van der Waals surface area contributed by atoms with Gasteiger partial charge in [0.05, 0.1) is 12.5 Å². The lowest BCUT2D eigenvalue weighted by Gasteiger charge is -2.33. The summed E-state index contributed by atoms with van der Waals surface area (Å²) in [4.78, 5) is 40.6. The predicted molar refractivity (Wildman–Crippen MR) is 331 cm³/mol. The topological polar surface area (TPSA) is 197 Å². The first-order valence-electron chi connectivity index (χ1n) is 26.9. The predicted octanol–water partition coefficient (Wildman–Crippen LogP) is 16.7. The van der Waals surface area contributed by atoms with Crippen LogP contribution in [0.4, 0.5) is 13.2 Å². The molecule has 0 heterocycles. The van der Waals surface area contributed by atoms with Gasteiger partial charge in [0.1, 0.15) is 51.4 Å². The fourth-order valence-corrected chi connectivity index (χ4v) is 8.93. The minimum absolute atomic E-state index is 0.00721. The minimum atomic E-state index is -4.66. The van der Waals surface area contributed by atoms with Gasteiger partial charge in [0.25, 0.3) is 20.2 Å². The van der Waals surface area contributed by atoms with E-state index in [1.54, 1.807) is 97.1 Å². The maximum absolute atomic E-state index is 15.0. The highest BCUT2D eigenvalue weighted by molar-refractivity contribution is 7.85. The van der Waals surface area contributed by atoms with Crippen molar-refractivity contribution in [2.45, 2.75) is 32.4 Å². The standard InChI is InChI=1S/C68H49F3O7.2CH4O3S/c1-44-9-12-47(13-10-44)64(72)49-18-28-55(29-19-49)76-58-34-24-52(25-35-58)67(3,68(69,70)71)53-26-36-59(37-27-53)77-56-30-20-50(21-31-56)65(73)48-16-14-46(15-17-48)62-42-11-45(2)43-63(62)66(74)51-22-32-57(33-23-51)78-61-40-38-60(39-41-61)75-54-7-5-4-6-8-54;2*1-5(2,3)4/h4-43H,1-3H3;2*1H3,(H,2,3,4). The number of hydrogen-bond donors (Lipinski definition) is 2. The molecule has 10 aromatic carbocycles. The largest absolute Gasteiger partial charge is 0.457 e. The Bertz CT molecular complexity index is 4230. The van der Waals surface area contributed by atoms with Crippen LogP contribution in [0.2, 0.25) is 0 Å². The van der Waals surface area contributed by atoms with E-state index in [4.69, 9.17) is 28.1 Å². The first-order valence-corrected chi connectivity index (χ1v) is 30.6. The molecule has 0 spiro atoms. The molecule has 0 aromatic heterocycles. The van der Waals surface area contributed by atoms with Crippen molar-refractivity contribution >= 4 is 37.6 Å². The molecule has 0 radical (unpaired) electrons. The number of benzene rings is 10. The number of ketones is 3. The summed E-state index contributed by atoms with van der Waals surface area (Å²) in [6, 6.07) is 68.4. The molecular weight excluding hydrogens is 1170 g/mol. The molecule has 10 rings (SSSR count). The third-order valence-corrected chi connectivity index (χ3v) is 13.5. The molecule has 0 aliphatic rings. The van der Waals surface area contributed by atoms with Gasteiger partial charge in [-0.25, -0.2) is 0 Å². The van der Waals surface area contributed by atoms with E-state index in [0.29, 0.717) is 91.7 Å². The molecule has 0 aliphatic heterocycles. The SMILES string of the molecule is CS(=O)(=O)O.CS(=O)(=O)O.Cc1ccc(C(=O)c2ccc(Oc3ccc(C(C)(c4ccc(Oc5ccc(C(=O)c6ccc(-c7ccc(C)cc7C(=O)c7ccc(Oc8ccc(Oc9ccccc9)cc8)cc7)cc6)cc5)cc4)C(F)(F)F)cc3)cc2)cc1. The van der Waals surface area contributed by atoms with Gasteiger partial charge in [-0.2, -0.15) is 30.0 Å². The summed E-state index contributed by atoms with van der Waals surface area (Å²) in [5, 5.41) is 0. The van der Waals surface area contributed by atoms with E-state index in [0.717, 1.165) is 29.4 Å². The lowest BCUT2D eigenvalue weighted by molar-refractivity contribution is -0.173. The van der Waals surface area contributed by atoms with E-state index in [-0.39, 0.29) is 28.5 Å². The van der Waals surface area contributed by atoms with E-state index in [1.165, 1.54) is 48.5 Å². The summed E-state index contributed by atoms with van der Waals surface area (Å²) in [5.41, 5.74) is 3.98. The zero-order chi connectivity index (χ0) is 63.4.